The van der Waals surface area contributed by atoms with Crippen LogP contribution in [0.25, 0.3) is 5.57 Å². The lowest BCUT2D eigenvalue weighted by Gasteiger charge is -2.19. The fourth-order valence-electron chi connectivity index (χ4n) is 4.12. The summed E-state index contributed by atoms with van der Waals surface area (Å²) in [6.07, 6.45) is 0. The van der Waals surface area contributed by atoms with Crippen LogP contribution < -0.4 is 19.9 Å². The molecule has 2 amide bonds. The number of imide groups is 1. The summed E-state index contributed by atoms with van der Waals surface area (Å²) in [7, 11) is 3.94. The summed E-state index contributed by atoms with van der Waals surface area (Å²) in [4.78, 5) is 30.7. The molecule has 0 bridgehead atoms. The van der Waals surface area contributed by atoms with E-state index in [1.807, 2.05) is 88.3 Å². The molecule has 0 fully saturated rings. The summed E-state index contributed by atoms with van der Waals surface area (Å²) in [5.41, 5.74) is 5.55. The number of amides is 2. The second-order valence-corrected chi connectivity index (χ2v) is 8.48. The Bertz CT molecular complexity index is 1280. The number of anilines is 3. The Balaban J connectivity index is 1.83. The molecule has 0 spiro atoms. The number of rotatable bonds is 7. The molecule has 34 heavy (non-hydrogen) atoms. The normalized spacial score (nSPS) is 13.5. The van der Waals surface area contributed by atoms with Gasteiger partial charge in [-0.05, 0) is 68.3 Å². The Morgan fingerprint density at radius 2 is 1.62 bits per heavy atom. The fourth-order valence-corrected chi connectivity index (χ4v) is 4.12. The molecule has 0 unspecified atom stereocenters. The van der Waals surface area contributed by atoms with E-state index in [0.29, 0.717) is 23.6 Å². The van der Waals surface area contributed by atoms with Crippen molar-refractivity contribution in [3.05, 3.63) is 89.1 Å². The van der Waals surface area contributed by atoms with Gasteiger partial charge in [0.1, 0.15) is 11.4 Å². The van der Waals surface area contributed by atoms with Gasteiger partial charge in [-0.3, -0.25) is 9.59 Å². The van der Waals surface area contributed by atoms with Gasteiger partial charge in [-0.2, -0.15) is 0 Å². The maximum Gasteiger partial charge on any atom is 0.282 e. The summed E-state index contributed by atoms with van der Waals surface area (Å²) < 4.78 is 5.73. The Hall–Kier alpha value is -4.06. The number of para-hydroxylation sites is 2. The van der Waals surface area contributed by atoms with E-state index in [1.54, 1.807) is 18.2 Å². The molecule has 174 valence electrons. The summed E-state index contributed by atoms with van der Waals surface area (Å²) in [6.45, 7) is 6.25. The molecule has 4 rings (SSSR count). The molecule has 0 saturated heterocycles. The minimum absolute atomic E-state index is 0.251. The number of hydrogen-bond acceptors (Lipinski definition) is 5. The van der Waals surface area contributed by atoms with E-state index < -0.39 is 5.91 Å². The van der Waals surface area contributed by atoms with Crippen LogP contribution in [0, 0.1) is 13.8 Å². The van der Waals surface area contributed by atoms with Crippen molar-refractivity contribution in [2.75, 3.05) is 35.8 Å². The van der Waals surface area contributed by atoms with Gasteiger partial charge in [0.15, 0.2) is 0 Å². The number of hydrogen-bond donors (Lipinski definition) is 1. The van der Waals surface area contributed by atoms with Crippen molar-refractivity contribution in [2.45, 2.75) is 20.8 Å². The molecular weight excluding hydrogens is 426 g/mol. The molecule has 1 aliphatic heterocycles. The van der Waals surface area contributed by atoms with Crippen LogP contribution in [0.15, 0.2) is 72.4 Å². The lowest BCUT2D eigenvalue weighted by molar-refractivity contribution is -0.120. The van der Waals surface area contributed by atoms with E-state index in [0.717, 1.165) is 28.1 Å². The van der Waals surface area contributed by atoms with Crippen LogP contribution in [-0.2, 0) is 9.59 Å². The molecule has 0 radical (unpaired) electrons. The van der Waals surface area contributed by atoms with Crippen LogP contribution in [0.3, 0.4) is 0 Å². The molecule has 6 heteroatoms. The van der Waals surface area contributed by atoms with Crippen molar-refractivity contribution in [1.29, 1.82) is 0 Å². The smallest absolute Gasteiger partial charge is 0.282 e. The van der Waals surface area contributed by atoms with Crippen LogP contribution in [0.5, 0.6) is 5.75 Å². The third-order valence-electron chi connectivity index (χ3n) is 5.79. The third-order valence-corrected chi connectivity index (χ3v) is 5.79. The number of carbonyl (C=O) groups excluding carboxylic acids is 2. The molecule has 6 nitrogen and oxygen atoms in total. The quantitative estimate of drug-likeness (QED) is 0.499. The Labute approximate surface area is 200 Å². The topological polar surface area (TPSA) is 61.9 Å². The maximum absolute atomic E-state index is 13.8. The molecule has 0 saturated carbocycles. The first-order chi connectivity index (χ1) is 16.3. The van der Waals surface area contributed by atoms with Crippen LogP contribution in [0.1, 0.15) is 23.6 Å². The lowest BCUT2D eigenvalue weighted by Crippen LogP contribution is -2.32. The second-order valence-electron chi connectivity index (χ2n) is 8.48. The van der Waals surface area contributed by atoms with Crippen molar-refractivity contribution < 1.29 is 14.3 Å². The van der Waals surface area contributed by atoms with Gasteiger partial charge in [0.2, 0.25) is 0 Å². The second kappa shape index (κ2) is 9.43. The van der Waals surface area contributed by atoms with E-state index in [-0.39, 0.29) is 11.6 Å². The maximum atomic E-state index is 13.8. The summed E-state index contributed by atoms with van der Waals surface area (Å²) in [6, 6.07) is 20.7. The molecule has 3 aromatic rings. The molecule has 3 aromatic carbocycles. The highest BCUT2D eigenvalue weighted by atomic mass is 16.5. The number of nitrogens with zero attached hydrogens (tertiary/aromatic N) is 2. The van der Waals surface area contributed by atoms with Gasteiger partial charge in [0, 0.05) is 25.5 Å². The van der Waals surface area contributed by atoms with Crippen LogP contribution in [0.4, 0.5) is 17.1 Å². The van der Waals surface area contributed by atoms with Crippen LogP contribution >= 0.6 is 0 Å². The summed E-state index contributed by atoms with van der Waals surface area (Å²) in [5.74, 6) is -0.302. The highest BCUT2D eigenvalue weighted by molar-refractivity contribution is 6.46. The van der Waals surface area contributed by atoms with Gasteiger partial charge < -0.3 is 15.0 Å². The average Bonchev–Trinajstić information content (AvgIpc) is 3.04. The molecule has 0 atom stereocenters. The van der Waals surface area contributed by atoms with Gasteiger partial charge in [-0.1, -0.05) is 35.9 Å². The summed E-state index contributed by atoms with van der Waals surface area (Å²) in [5, 5.41) is 3.24. The van der Waals surface area contributed by atoms with Crippen molar-refractivity contribution in [3.63, 3.8) is 0 Å². The molecule has 1 aliphatic rings. The van der Waals surface area contributed by atoms with Crippen molar-refractivity contribution in [3.8, 4) is 5.75 Å². The van der Waals surface area contributed by atoms with Gasteiger partial charge >= 0.3 is 0 Å². The number of nitrogens with one attached hydrogen (secondary N) is 1. The van der Waals surface area contributed by atoms with E-state index in [2.05, 4.69) is 5.32 Å². The monoisotopic (exact) mass is 455 g/mol. The third kappa shape index (κ3) is 4.27. The number of aryl methyl sites for hydroxylation is 2. The zero-order valence-corrected chi connectivity index (χ0v) is 20.2. The molecule has 1 heterocycles. The highest BCUT2D eigenvalue weighted by Gasteiger charge is 2.41. The fraction of sp³-hybridized carbons (Fsp3) is 0.214. The van der Waals surface area contributed by atoms with E-state index in [9.17, 15) is 9.59 Å². The van der Waals surface area contributed by atoms with E-state index >= 15 is 0 Å². The van der Waals surface area contributed by atoms with Gasteiger partial charge in [-0.15, -0.1) is 0 Å². The zero-order chi connectivity index (χ0) is 24.4. The number of ether oxygens (including phenoxy) is 1. The first kappa shape index (κ1) is 23.1. The van der Waals surface area contributed by atoms with Gasteiger partial charge in [-0.25, -0.2) is 4.90 Å². The van der Waals surface area contributed by atoms with E-state index in [1.165, 1.54) is 4.90 Å². The lowest BCUT2D eigenvalue weighted by atomic mass is 9.97. The van der Waals surface area contributed by atoms with Gasteiger partial charge in [0.25, 0.3) is 11.8 Å². The van der Waals surface area contributed by atoms with Crippen molar-refractivity contribution in [2.24, 2.45) is 0 Å². The first-order valence-electron chi connectivity index (χ1n) is 11.3. The minimum atomic E-state index is -0.413. The molecular formula is C28H29N3O3. The number of carbonyl (C=O) groups is 2. The zero-order valence-electron chi connectivity index (χ0n) is 20.2. The standard InChI is InChI=1S/C28H29N3O3/c1-6-34-24-10-8-7-9-23(24)31-27(32)25(22-16-11-18(2)17-19(22)3)26(28(31)33)29-20-12-14-21(15-13-20)30(4)5/h7-17,29H,6H2,1-5H3. The Morgan fingerprint density at radius 3 is 2.26 bits per heavy atom. The SMILES string of the molecule is CCOc1ccccc1N1C(=O)C(Nc2ccc(N(C)C)cc2)=C(c2ccc(C)cc2C)C1=O. The number of benzene rings is 3. The highest BCUT2D eigenvalue weighted by Crippen LogP contribution is 2.38. The molecule has 1 N–H and O–H groups in total. The average molecular weight is 456 g/mol. The molecule has 0 aromatic heterocycles. The first-order valence-corrected chi connectivity index (χ1v) is 11.3. The predicted molar refractivity (Wildman–Crippen MR) is 137 cm³/mol. The van der Waals surface area contributed by atoms with Crippen molar-refractivity contribution in [1.82, 2.24) is 0 Å². The van der Waals surface area contributed by atoms with Crippen LogP contribution in [0.2, 0.25) is 0 Å². The minimum Gasteiger partial charge on any atom is -0.492 e. The van der Waals surface area contributed by atoms with Crippen LogP contribution in [-0.4, -0.2) is 32.5 Å². The Morgan fingerprint density at radius 1 is 0.912 bits per heavy atom. The van der Waals surface area contributed by atoms with Gasteiger partial charge in [0.05, 0.1) is 17.9 Å². The van der Waals surface area contributed by atoms with E-state index in [4.69, 9.17) is 4.74 Å². The largest absolute Gasteiger partial charge is 0.492 e. The Kier molecular flexibility index (Phi) is 6.41. The summed E-state index contributed by atoms with van der Waals surface area (Å²) >= 11 is 0. The predicted octanol–water partition coefficient (Wildman–Crippen LogP) is 5.16. The molecule has 0 aliphatic carbocycles. The van der Waals surface area contributed by atoms with Crippen molar-refractivity contribution >= 4 is 34.4 Å².